The summed E-state index contributed by atoms with van der Waals surface area (Å²) in [5, 5.41) is 3.82. The highest BCUT2D eigenvalue weighted by Gasteiger charge is 2.27. The van der Waals surface area contributed by atoms with E-state index in [-0.39, 0.29) is 13.2 Å². The van der Waals surface area contributed by atoms with Crippen LogP contribution in [-0.2, 0) is 18.2 Å². The largest absolute Gasteiger partial charge is 0.550 e. The molecule has 0 unspecified atom stereocenters. The summed E-state index contributed by atoms with van der Waals surface area (Å²) in [7, 11) is -3.60. The monoisotopic (exact) mass is 349 g/mol. The van der Waals surface area contributed by atoms with Gasteiger partial charge in [-0.05, 0) is 38.5 Å². The Balaban J connectivity index is 2.78. The normalized spacial score (nSPS) is 12.5. The molecule has 1 aromatic rings. The number of hydrogen-bond acceptors (Lipinski definition) is 5. The molecule has 0 aliphatic heterocycles. The Morgan fingerprint density at radius 2 is 1.74 bits per heavy atom. The van der Waals surface area contributed by atoms with Crippen molar-refractivity contribution in [3.8, 4) is 0 Å². The zero-order valence-electron chi connectivity index (χ0n) is 11.1. The highest BCUT2D eigenvalue weighted by Crippen LogP contribution is 2.49. The number of hydrogen-bond donors (Lipinski definition) is 0. The van der Waals surface area contributed by atoms with E-state index in [1.54, 1.807) is 20.8 Å². The van der Waals surface area contributed by atoms with Gasteiger partial charge in [0.2, 0.25) is 0 Å². The lowest BCUT2D eigenvalue weighted by Gasteiger charge is -2.13. The molecule has 0 radical (unpaired) electrons. The number of oxime groups is 1. The summed E-state index contributed by atoms with van der Waals surface area (Å²) in [5.74, 6) is 0. The molecule has 0 aliphatic rings. The molecular weight excluding hydrogens is 333 g/mol. The first kappa shape index (κ1) is 16.4. The summed E-state index contributed by atoms with van der Waals surface area (Å²) in [4.78, 5) is 0. The summed E-state index contributed by atoms with van der Waals surface area (Å²) in [6, 6.07) is 7.52. The molecule has 0 spiro atoms. The zero-order valence-corrected chi connectivity index (χ0v) is 13.6. The topological polar surface area (TPSA) is 57.1 Å². The molecule has 1 rings (SSSR count). The van der Waals surface area contributed by atoms with Crippen molar-refractivity contribution in [1.29, 1.82) is 0 Å². The van der Waals surface area contributed by atoms with Gasteiger partial charge >= 0.3 is 7.82 Å². The van der Waals surface area contributed by atoms with Crippen LogP contribution >= 0.6 is 23.8 Å². The predicted octanol–water partition coefficient (Wildman–Crippen LogP) is 4.37. The maximum absolute atomic E-state index is 12.0. The highest BCUT2D eigenvalue weighted by molar-refractivity contribution is 9.10. The van der Waals surface area contributed by atoms with E-state index >= 15 is 0 Å². The number of halogens is 1. The van der Waals surface area contributed by atoms with Crippen LogP contribution in [0.4, 0.5) is 0 Å². The lowest BCUT2D eigenvalue weighted by molar-refractivity contribution is 0.125. The Morgan fingerprint density at radius 1 is 1.21 bits per heavy atom. The van der Waals surface area contributed by atoms with E-state index in [9.17, 15) is 4.57 Å². The first-order chi connectivity index (χ1) is 9.00. The van der Waals surface area contributed by atoms with E-state index in [1.165, 1.54) is 0 Å². The molecule has 7 heteroatoms. The van der Waals surface area contributed by atoms with Gasteiger partial charge in [0, 0.05) is 4.47 Å². The summed E-state index contributed by atoms with van der Waals surface area (Å²) in [5.41, 5.74) is 1.45. The smallest absolute Gasteiger partial charge is 0.292 e. The number of nitrogens with zero attached hydrogens (tertiary/aromatic N) is 1. The Kier molecular flexibility index (Phi) is 6.72. The van der Waals surface area contributed by atoms with E-state index in [1.807, 2.05) is 24.3 Å². The molecule has 0 saturated carbocycles. The molecule has 0 saturated heterocycles. The molecule has 0 heterocycles. The van der Waals surface area contributed by atoms with Crippen LogP contribution in [0.1, 0.15) is 26.3 Å². The van der Waals surface area contributed by atoms with Crippen LogP contribution in [0.5, 0.6) is 0 Å². The third-order valence-electron chi connectivity index (χ3n) is 2.11. The van der Waals surface area contributed by atoms with E-state index < -0.39 is 7.82 Å². The second-order valence-electron chi connectivity index (χ2n) is 3.55. The number of rotatable bonds is 7. The SMILES string of the molecule is CCOP(=O)(OCC)O/N=C(\C)c1ccc(Br)cc1. The second kappa shape index (κ2) is 7.80. The van der Waals surface area contributed by atoms with Crippen LogP contribution in [0.15, 0.2) is 33.9 Å². The maximum Gasteiger partial charge on any atom is 0.550 e. The molecule has 106 valence electrons. The standard InChI is InChI=1S/C12H17BrNO4P/c1-4-16-19(15,17-5-2)18-14-10(3)11-6-8-12(13)9-7-11/h6-9H,4-5H2,1-3H3/b14-10+. The molecule has 0 N–H and O–H groups in total. The van der Waals surface area contributed by atoms with Crippen molar-refractivity contribution in [3.05, 3.63) is 34.3 Å². The van der Waals surface area contributed by atoms with Crippen LogP contribution < -0.4 is 0 Å². The quantitative estimate of drug-likeness (QED) is 0.416. The Morgan fingerprint density at radius 3 is 2.21 bits per heavy atom. The minimum Gasteiger partial charge on any atom is -0.292 e. The average Bonchev–Trinajstić information content (AvgIpc) is 2.37. The minimum absolute atomic E-state index is 0.226. The van der Waals surface area contributed by atoms with Gasteiger partial charge in [0.15, 0.2) is 0 Å². The molecule has 0 aliphatic carbocycles. The van der Waals surface area contributed by atoms with Crippen molar-refractivity contribution >= 4 is 29.5 Å². The third-order valence-corrected chi connectivity index (χ3v) is 4.07. The number of benzene rings is 1. The first-order valence-corrected chi connectivity index (χ1v) is 8.14. The Hall–Kier alpha value is -0.680. The summed E-state index contributed by atoms with van der Waals surface area (Å²) >= 11 is 3.35. The van der Waals surface area contributed by atoms with Gasteiger partial charge in [0.25, 0.3) is 0 Å². The van der Waals surface area contributed by atoms with E-state index in [0.717, 1.165) is 10.0 Å². The number of phosphoric ester groups is 1. The summed E-state index contributed by atoms with van der Waals surface area (Å²) < 4.78 is 27.9. The minimum atomic E-state index is -3.60. The lowest BCUT2D eigenvalue weighted by Crippen LogP contribution is -2.00. The third kappa shape index (κ3) is 5.45. The molecule has 19 heavy (non-hydrogen) atoms. The second-order valence-corrected chi connectivity index (χ2v) is 6.04. The summed E-state index contributed by atoms with van der Waals surface area (Å²) in [6.07, 6.45) is 0. The van der Waals surface area contributed by atoms with E-state index in [2.05, 4.69) is 21.1 Å². The molecule has 5 nitrogen and oxygen atoms in total. The van der Waals surface area contributed by atoms with Gasteiger partial charge in [-0.2, -0.15) is 0 Å². The van der Waals surface area contributed by atoms with Crippen molar-refractivity contribution in [2.75, 3.05) is 13.2 Å². The van der Waals surface area contributed by atoms with Crippen molar-refractivity contribution in [2.24, 2.45) is 5.16 Å². The average molecular weight is 350 g/mol. The molecule has 0 atom stereocenters. The van der Waals surface area contributed by atoms with Gasteiger partial charge in [-0.15, -0.1) is 0 Å². The molecule has 0 amide bonds. The molecule has 0 fully saturated rings. The fraction of sp³-hybridized carbons (Fsp3) is 0.417. The highest BCUT2D eigenvalue weighted by atomic mass is 79.9. The van der Waals surface area contributed by atoms with Gasteiger partial charge in [-0.1, -0.05) is 33.2 Å². The van der Waals surface area contributed by atoms with Crippen molar-refractivity contribution in [3.63, 3.8) is 0 Å². The van der Waals surface area contributed by atoms with Gasteiger partial charge in [-0.3, -0.25) is 13.7 Å². The van der Waals surface area contributed by atoms with Crippen LogP contribution in [0.25, 0.3) is 0 Å². The first-order valence-electron chi connectivity index (χ1n) is 5.89. The van der Waals surface area contributed by atoms with Crippen molar-refractivity contribution < 1.29 is 18.2 Å². The van der Waals surface area contributed by atoms with Crippen molar-refractivity contribution in [1.82, 2.24) is 0 Å². The summed E-state index contributed by atoms with van der Waals surface area (Å²) in [6.45, 7) is 5.63. The predicted molar refractivity (Wildman–Crippen MR) is 78.3 cm³/mol. The fourth-order valence-corrected chi connectivity index (χ4v) is 2.54. The van der Waals surface area contributed by atoms with Gasteiger partial charge in [-0.25, -0.2) is 4.57 Å². The molecule has 1 aromatic carbocycles. The van der Waals surface area contributed by atoms with Crippen LogP contribution in [0.2, 0.25) is 0 Å². The van der Waals surface area contributed by atoms with Crippen LogP contribution in [0.3, 0.4) is 0 Å². The van der Waals surface area contributed by atoms with Gasteiger partial charge < -0.3 is 0 Å². The number of phosphoric acid groups is 1. The van der Waals surface area contributed by atoms with E-state index in [4.69, 9.17) is 13.7 Å². The van der Waals surface area contributed by atoms with Crippen LogP contribution in [-0.4, -0.2) is 18.9 Å². The molecular formula is C12H17BrNO4P. The maximum atomic E-state index is 12.0. The zero-order chi connectivity index (χ0) is 14.3. The lowest BCUT2D eigenvalue weighted by atomic mass is 10.1. The van der Waals surface area contributed by atoms with Gasteiger partial charge in [0.05, 0.1) is 18.9 Å². The van der Waals surface area contributed by atoms with Crippen LogP contribution in [0, 0.1) is 0 Å². The molecule has 0 bridgehead atoms. The van der Waals surface area contributed by atoms with Gasteiger partial charge in [0.1, 0.15) is 0 Å². The Bertz CT molecular complexity index is 465. The Labute approximate surface area is 121 Å². The van der Waals surface area contributed by atoms with Crippen molar-refractivity contribution in [2.45, 2.75) is 20.8 Å². The van der Waals surface area contributed by atoms with E-state index in [0.29, 0.717) is 5.71 Å². The fourth-order valence-electron chi connectivity index (χ4n) is 1.26. The molecule has 0 aromatic heterocycles.